The van der Waals surface area contributed by atoms with Crippen molar-refractivity contribution in [3.8, 4) is 11.5 Å². The first-order chi connectivity index (χ1) is 4.72. The van der Waals surface area contributed by atoms with Crippen LogP contribution < -0.4 is 5.73 Å². The third kappa shape index (κ3) is 1.39. The largest absolute Gasteiger partial charge is 0.508 e. The summed E-state index contributed by atoms with van der Waals surface area (Å²) in [4.78, 5) is 0. The van der Waals surface area contributed by atoms with Gasteiger partial charge in [-0.3, -0.25) is 5.73 Å². The molecule has 3 N–H and O–H groups in total. The van der Waals surface area contributed by atoms with Crippen LogP contribution >= 0.6 is 0 Å². The van der Waals surface area contributed by atoms with Crippen molar-refractivity contribution in [2.24, 2.45) is 0 Å². The average Bonchev–Trinajstić information content (AvgIpc) is 1.85. The van der Waals surface area contributed by atoms with Crippen molar-refractivity contribution in [1.29, 1.82) is 0 Å². The number of benzene rings is 1. The number of nitrogens with one attached hydrogen (secondary N) is 1. The van der Waals surface area contributed by atoms with Crippen LogP contribution in [0.5, 0.6) is 11.5 Å². The molecule has 0 heterocycles. The van der Waals surface area contributed by atoms with Gasteiger partial charge in [0.2, 0.25) is 0 Å². The highest BCUT2D eigenvalue weighted by Crippen LogP contribution is 2.19. The molecule has 1 aromatic carbocycles. The molecule has 10 heavy (non-hydrogen) atoms. The van der Waals surface area contributed by atoms with Gasteiger partial charge in [0.15, 0.2) is 0 Å². The van der Waals surface area contributed by atoms with E-state index in [1.807, 2.05) is 0 Å². The Labute approximate surface area is 58.7 Å². The smallest absolute Gasteiger partial charge is 0.119 e. The van der Waals surface area contributed by atoms with E-state index in [1.54, 1.807) is 0 Å². The molecule has 0 atom stereocenters. The molecule has 0 amide bonds. The van der Waals surface area contributed by atoms with E-state index in [2.05, 4.69) is 0 Å². The predicted molar refractivity (Wildman–Crippen MR) is 36.6 cm³/mol. The summed E-state index contributed by atoms with van der Waals surface area (Å²) in [7, 11) is 0. The van der Waals surface area contributed by atoms with Crippen LogP contribution in [0.25, 0.3) is 0 Å². The van der Waals surface area contributed by atoms with Gasteiger partial charge in [0.05, 0.1) is 0 Å². The molecule has 0 bridgehead atoms. The third-order valence-electron chi connectivity index (χ3n) is 1.17. The minimum Gasteiger partial charge on any atom is -0.508 e. The zero-order chi connectivity index (χ0) is 7.56. The van der Waals surface area contributed by atoms with Crippen LogP contribution in [-0.4, -0.2) is 10.2 Å². The zero-order valence-electron chi connectivity index (χ0n) is 5.33. The minimum absolute atomic E-state index is 0.00208. The van der Waals surface area contributed by atoms with E-state index in [0.717, 1.165) is 0 Å². The van der Waals surface area contributed by atoms with Crippen molar-refractivity contribution in [2.75, 3.05) is 0 Å². The van der Waals surface area contributed by atoms with Gasteiger partial charge in [-0.25, -0.2) is 0 Å². The Balaban J connectivity index is 3.06. The summed E-state index contributed by atoms with van der Waals surface area (Å²) in [6, 6.07) is 4.14. The molecule has 0 aliphatic rings. The van der Waals surface area contributed by atoms with Crippen molar-refractivity contribution in [1.82, 2.24) is 5.73 Å². The van der Waals surface area contributed by atoms with Gasteiger partial charge in [-0.05, 0) is 17.7 Å². The third-order valence-corrected chi connectivity index (χ3v) is 1.17. The van der Waals surface area contributed by atoms with Crippen molar-refractivity contribution in [2.45, 2.75) is 6.54 Å². The van der Waals surface area contributed by atoms with Gasteiger partial charge >= 0.3 is 0 Å². The molecule has 53 valence electrons. The Morgan fingerprint density at radius 2 is 1.60 bits per heavy atom. The number of phenolic OH excluding ortho intramolecular Hbond substituents is 2. The van der Waals surface area contributed by atoms with Crippen LogP contribution in [0.3, 0.4) is 0 Å². The summed E-state index contributed by atoms with van der Waals surface area (Å²) >= 11 is 0. The Kier molecular flexibility index (Phi) is 1.78. The van der Waals surface area contributed by atoms with Crippen molar-refractivity contribution >= 4 is 0 Å². The fraction of sp³-hybridized carbons (Fsp3) is 0.143. The molecule has 0 aliphatic carbocycles. The maximum atomic E-state index is 8.88. The van der Waals surface area contributed by atoms with E-state index in [9.17, 15) is 0 Å². The van der Waals surface area contributed by atoms with E-state index >= 15 is 0 Å². The van der Waals surface area contributed by atoms with Gasteiger partial charge in [-0.2, -0.15) is 0 Å². The second-order valence-corrected chi connectivity index (χ2v) is 2.03. The highest BCUT2D eigenvalue weighted by molar-refractivity contribution is 5.36. The lowest BCUT2D eigenvalue weighted by Crippen LogP contribution is -1.82. The van der Waals surface area contributed by atoms with E-state index in [1.165, 1.54) is 18.2 Å². The summed E-state index contributed by atoms with van der Waals surface area (Å²) in [6.45, 7) is 0.0714. The van der Waals surface area contributed by atoms with Crippen LogP contribution in [-0.2, 0) is 6.54 Å². The lowest BCUT2D eigenvalue weighted by atomic mass is 10.2. The standard InChI is InChI=1S/C7H8NO2/c8-4-5-1-6(9)3-7(10)2-5/h1-3,8-10H,4H2. The number of hydrogen-bond acceptors (Lipinski definition) is 2. The number of phenols is 2. The Hall–Kier alpha value is -1.22. The molecule has 1 rings (SSSR count). The lowest BCUT2D eigenvalue weighted by Gasteiger charge is -1.97. The molecular weight excluding hydrogens is 130 g/mol. The summed E-state index contributed by atoms with van der Waals surface area (Å²) in [5.74, 6) is 0.00417. The normalized spacial score (nSPS) is 9.70. The van der Waals surface area contributed by atoms with Gasteiger partial charge in [0.1, 0.15) is 11.5 Å². The molecule has 3 heteroatoms. The molecule has 0 saturated carbocycles. The number of aromatic hydroxyl groups is 2. The van der Waals surface area contributed by atoms with Gasteiger partial charge in [-0.15, -0.1) is 0 Å². The molecule has 0 saturated heterocycles. The van der Waals surface area contributed by atoms with Crippen LogP contribution in [0, 0.1) is 0 Å². The summed E-state index contributed by atoms with van der Waals surface area (Å²) in [6.07, 6.45) is 0. The van der Waals surface area contributed by atoms with Crippen molar-refractivity contribution < 1.29 is 10.2 Å². The molecule has 1 aromatic rings. The number of hydrogen-bond donors (Lipinski definition) is 2. The van der Waals surface area contributed by atoms with Crippen molar-refractivity contribution in [3.05, 3.63) is 23.8 Å². The van der Waals surface area contributed by atoms with E-state index in [-0.39, 0.29) is 18.0 Å². The first kappa shape index (κ1) is 6.89. The van der Waals surface area contributed by atoms with Crippen LogP contribution in [0.15, 0.2) is 18.2 Å². The topological polar surface area (TPSA) is 64.3 Å². The fourth-order valence-corrected chi connectivity index (χ4v) is 0.758. The maximum absolute atomic E-state index is 8.88. The van der Waals surface area contributed by atoms with Crippen LogP contribution in [0.2, 0.25) is 0 Å². The molecule has 3 nitrogen and oxygen atoms in total. The van der Waals surface area contributed by atoms with E-state index in [4.69, 9.17) is 15.9 Å². The van der Waals surface area contributed by atoms with Crippen LogP contribution in [0.1, 0.15) is 5.56 Å². The highest BCUT2D eigenvalue weighted by Gasteiger charge is 1.95. The molecule has 0 spiro atoms. The van der Waals surface area contributed by atoms with Gasteiger partial charge in [0, 0.05) is 12.6 Å². The summed E-state index contributed by atoms with van der Waals surface area (Å²) in [5.41, 5.74) is 7.52. The first-order valence-corrected chi connectivity index (χ1v) is 2.89. The lowest BCUT2D eigenvalue weighted by molar-refractivity contribution is 0.449. The molecule has 0 aromatic heterocycles. The Morgan fingerprint density at radius 3 is 2.00 bits per heavy atom. The highest BCUT2D eigenvalue weighted by atomic mass is 16.3. The maximum Gasteiger partial charge on any atom is 0.119 e. The predicted octanol–water partition coefficient (Wildman–Crippen LogP) is 0.881. The van der Waals surface area contributed by atoms with Gasteiger partial charge < -0.3 is 10.2 Å². The van der Waals surface area contributed by atoms with E-state index in [0.29, 0.717) is 5.56 Å². The monoisotopic (exact) mass is 138 g/mol. The van der Waals surface area contributed by atoms with E-state index < -0.39 is 0 Å². The quantitative estimate of drug-likeness (QED) is 0.605. The SMILES string of the molecule is [NH]Cc1cc(O)cc(O)c1. The summed E-state index contributed by atoms with van der Waals surface area (Å²) in [5, 5.41) is 17.8. The minimum atomic E-state index is 0.00208. The molecule has 0 unspecified atom stereocenters. The Morgan fingerprint density at radius 1 is 1.10 bits per heavy atom. The summed E-state index contributed by atoms with van der Waals surface area (Å²) < 4.78 is 0. The second-order valence-electron chi connectivity index (χ2n) is 2.03. The number of rotatable bonds is 1. The Bertz CT molecular complexity index is 215. The molecule has 0 fully saturated rings. The molecule has 0 aliphatic heterocycles. The van der Waals surface area contributed by atoms with Gasteiger partial charge in [0.25, 0.3) is 0 Å². The van der Waals surface area contributed by atoms with Gasteiger partial charge in [-0.1, -0.05) is 0 Å². The zero-order valence-corrected chi connectivity index (χ0v) is 5.33. The fourth-order valence-electron chi connectivity index (χ4n) is 0.758. The average molecular weight is 138 g/mol. The van der Waals surface area contributed by atoms with Crippen molar-refractivity contribution in [3.63, 3.8) is 0 Å². The first-order valence-electron chi connectivity index (χ1n) is 2.89. The van der Waals surface area contributed by atoms with Crippen LogP contribution in [0.4, 0.5) is 0 Å². The second kappa shape index (κ2) is 2.58. The molecular formula is C7H8NO2. The molecule has 1 radical (unpaired) electrons.